The minimum atomic E-state index is -4.77. The van der Waals surface area contributed by atoms with E-state index in [1.54, 1.807) is 67.3 Å². The lowest BCUT2D eigenvalue weighted by Crippen LogP contribution is -2.24. The molecule has 0 spiro atoms. The highest BCUT2D eigenvalue weighted by Gasteiger charge is 2.36. The number of amides is 1. The molecule has 0 fully saturated rings. The maximum absolute atomic E-state index is 14.0. The molecule has 8 rings (SSSR count). The standard InChI is InChI=1S/C29H31F3N7O4P/c1-3-33-27(40)23-14-20-8-11-25(23)37-26-24(29(30,31)32)16-34-28(38-26)36-22-9-6-19(7-10-22)18-44(41,42-4-2)43-13-5-12-39-17-21(20)15-35-39/h6-11,14-17H,3-5,12-13,18H2,1-2H3,(H,33,40)(H2,34,36,37,38). The second-order valence-electron chi connectivity index (χ2n) is 9.89. The van der Waals surface area contributed by atoms with Gasteiger partial charge in [-0.25, -0.2) is 4.98 Å². The Bertz CT molecular complexity index is 1680. The minimum absolute atomic E-state index is 0.0431. The van der Waals surface area contributed by atoms with Crippen LogP contribution in [0.2, 0.25) is 0 Å². The largest absolute Gasteiger partial charge is 0.421 e. The highest BCUT2D eigenvalue weighted by atomic mass is 31.2. The third kappa shape index (κ3) is 7.44. The molecule has 0 radical (unpaired) electrons. The molecule has 4 aromatic rings. The van der Waals surface area contributed by atoms with Gasteiger partial charge in [0.1, 0.15) is 11.4 Å². The van der Waals surface area contributed by atoms with Crippen molar-refractivity contribution in [3.05, 3.63) is 77.7 Å². The van der Waals surface area contributed by atoms with E-state index in [0.717, 1.165) is 0 Å². The number of nitrogens with zero attached hydrogens (tertiary/aromatic N) is 4. The summed E-state index contributed by atoms with van der Waals surface area (Å²) in [6.07, 6.45) is -0.142. The van der Waals surface area contributed by atoms with Crippen molar-refractivity contribution < 1.29 is 31.6 Å². The van der Waals surface area contributed by atoms with Crippen molar-refractivity contribution in [2.75, 3.05) is 30.4 Å². The van der Waals surface area contributed by atoms with Gasteiger partial charge in [0.25, 0.3) is 5.91 Å². The normalized spacial score (nSPS) is 17.2. The van der Waals surface area contributed by atoms with Crippen LogP contribution < -0.4 is 16.0 Å². The van der Waals surface area contributed by atoms with Crippen LogP contribution in [0.1, 0.15) is 41.8 Å². The van der Waals surface area contributed by atoms with Crippen LogP contribution in [0.3, 0.4) is 0 Å². The molecule has 11 nitrogen and oxygen atoms in total. The Morgan fingerprint density at radius 1 is 1.11 bits per heavy atom. The van der Waals surface area contributed by atoms with Gasteiger partial charge in [0, 0.05) is 36.7 Å². The van der Waals surface area contributed by atoms with Crippen molar-refractivity contribution in [3.63, 3.8) is 0 Å². The van der Waals surface area contributed by atoms with Crippen LogP contribution in [0.25, 0.3) is 11.1 Å². The molecule has 8 bridgehead atoms. The summed E-state index contributed by atoms with van der Waals surface area (Å²) in [7, 11) is -3.46. The number of hydrogen-bond donors (Lipinski definition) is 3. The molecule has 1 unspecified atom stereocenters. The molecule has 4 aliphatic rings. The molecule has 232 valence electrons. The van der Waals surface area contributed by atoms with Crippen LogP contribution >= 0.6 is 7.60 Å². The van der Waals surface area contributed by atoms with Gasteiger partial charge in [-0.2, -0.15) is 23.3 Å². The first kappa shape index (κ1) is 31.2. The van der Waals surface area contributed by atoms with E-state index < -0.39 is 31.1 Å². The third-order valence-electron chi connectivity index (χ3n) is 6.65. The smallest absolute Gasteiger partial charge is 0.352 e. The Labute approximate surface area is 251 Å². The van der Waals surface area contributed by atoms with Crippen molar-refractivity contribution in [2.24, 2.45) is 0 Å². The highest BCUT2D eigenvalue weighted by molar-refractivity contribution is 7.53. The quantitative estimate of drug-likeness (QED) is 0.210. The third-order valence-corrected chi connectivity index (χ3v) is 8.63. The first-order valence-corrected chi connectivity index (χ1v) is 15.7. The number of nitrogens with one attached hydrogen (secondary N) is 3. The number of carbonyl (C=O) groups excluding carboxylic acids is 1. The monoisotopic (exact) mass is 629 g/mol. The Morgan fingerprint density at radius 2 is 1.91 bits per heavy atom. The van der Waals surface area contributed by atoms with E-state index in [9.17, 15) is 22.5 Å². The molecule has 2 aromatic heterocycles. The van der Waals surface area contributed by atoms with Crippen molar-refractivity contribution >= 4 is 36.6 Å². The van der Waals surface area contributed by atoms with E-state index in [2.05, 4.69) is 31.0 Å². The summed E-state index contributed by atoms with van der Waals surface area (Å²) in [5, 5.41) is 12.7. The summed E-state index contributed by atoms with van der Waals surface area (Å²) in [4.78, 5) is 21.0. The molecule has 4 aliphatic heterocycles. The van der Waals surface area contributed by atoms with Gasteiger partial charge in [-0.3, -0.25) is 14.0 Å². The molecule has 44 heavy (non-hydrogen) atoms. The molecular weight excluding hydrogens is 598 g/mol. The lowest BCUT2D eigenvalue weighted by atomic mass is 10.0. The van der Waals surface area contributed by atoms with Crippen LogP contribution in [-0.2, 0) is 32.5 Å². The Kier molecular flexibility index (Phi) is 9.33. The summed E-state index contributed by atoms with van der Waals surface area (Å²) >= 11 is 0. The van der Waals surface area contributed by atoms with Gasteiger partial charge in [0.2, 0.25) is 5.95 Å². The number of aromatic nitrogens is 4. The maximum Gasteiger partial charge on any atom is 0.421 e. The molecule has 1 atom stereocenters. The molecule has 0 saturated heterocycles. The zero-order valence-corrected chi connectivity index (χ0v) is 24.9. The van der Waals surface area contributed by atoms with E-state index in [-0.39, 0.29) is 36.6 Å². The van der Waals surface area contributed by atoms with Gasteiger partial charge in [0.15, 0.2) is 0 Å². The fourth-order valence-corrected chi connectivity index (χ4v) is 6.30. The van der Waals surface area contributed by atoms with Crippen LogP contribution in [0.4, 0.5) is 36.3 Å². The van der Waals surface area contributed by atoms with Crippen LogP contribution in [-0.4, -0.2) is 45.4 Å². The second-order valence-corrected chi connectivity index (χ2v) is 11.9. The summed E-state index contributed by atoms with van der Waals surface area (Å²) in [6.45, 7) is 4.64. The Balaban J connectivity index is 1.59. The van der Waals surface area contributed by atoms with Crippen molar-refractivity contribution in [3.8, 4) is 11.1 Å². The number of alkyl halides is 3. The van der Waals surface area contributed by atoms with Gasteiger partial charge in [-0.05, 0) is 55.7 Å². The summed E-state index contributed by atoms with van der Waals surface area (Å²) < 4.78 is 68.4. The molecule has 3 N–H and O–H groups in total. The maximum atomic E-state index is 14.0. The molecular formula is C29H31F3N7O4P. The van der Waals surface area contributed by atoms with Crippen LogP contribution in [0, 0.1) is 0 Å². The van der Waals surface area contributed by atoms with Crippen LogP contribution in [0.5, 0.6) is 0 Å². The number of hydrogen-bond acceptors (Lipinski definition) is 9. The molecule has 0 aliphatic carbocycles. The second kappa shape index (κ2) is 13.2. The van der Waals surface area contributed by atoms with E-state index in [0.29, 0.717) is 48.1 Å². The Morgan fingerprint density at radius 3 is 2.64 bits per heavy atom. The minimum Gasteiger partial charge on any atom is -0.352 e. The van der Waals surface area contributed by atoms with Gasteiger partial charge < -0.3 is 25.0 Å². The van der Waals surface area contributed by atoms with Gasteiger partial charge in [-0.1, -0.05) is 18.2 Å². The summed E-state index contributed by atoms with van der Waals surface area (Å²) in [5.41, 5.74) is 1.64. The van der Waals surface area contributed by atoms with Gasteiger partial charge >= 0.3 is 13.8 Å². The zero-order chi connectivity index (χ0) is 31.3. The van der Waals surface area contributed by atoms with E-state index in [4.69, 9.17) is 9.05 Å². The fraction of sp³-hybridized carbons (Fsp3) is 0.310. The summed E-state index contributed by atoms with van der Waals surface area (Å²) in [5.74, 6) is -1.12. The van der Waals surface area contributed by atoms with E-state index in [1.807, 2.05) is 0 Å². The van der Waals surface area contributed by atoms with Gasteiger partial charge in [-0.15, -0.1) is 0 Å². The lowest BCUT2D eigenvalue weighted by molar-refractivity contribution is -0.137. The first-order chi connectivity index (χ1) is 21.1. The SMILES string of the molecule is CCNC(=O)c1cc2ccc1Nc1nc(ncc1C(F)(F)F)Nc1ccc(cc1)CP(=O)(OCC)OCCCn1cc-2cn1. The van der Waals surface area contributed by atoms with Crippen molar-refractivity contribution in [2.45, 2.75) is 39.2 Å². The van der Waals surface area contributed by atoms with Gasteiger partial charge in [0.05, 0.1) is 36.8 Å². The van der Waals surface area contributed by atoms with Crippen molar-refractivity contribution in [1.82, 2.24) is 25.1 Å². The van der Waals surface area contributed by atoms with Crippen molar-refractivity contribution in [1.29, 1.82) is 0 Å². The van der Waals surface area contributed by atoms with Crippen LogP contribution in [0.15, 0.2) is 61.1 Å². The topological polar surface area (TPSA) is 132 Å². The van der Waals surface area contributed by atoms with E-state index >= 15 is 0 Å². The molecule has 2 aromatic carbocycles. The highest BCUT2D eigenvalue weighted by Crippen LogP contribution is 2.51. The molecule has 0 saturated carbocycles. The zero-order valence-electron chi connectivity index (χ0n) is 24.0. The average molecular weight is 630 g/mol. The number of aryl methyl sites for hydroxylation is 1. The number of rotatable bonds is 4. The molecule has 1 amide bonds. The predicted octanol–water partition coefficient (Wildman–Crippen LogP) is 6.75. The number of anilines is 4. The lowest BCUT2D eigenvalue weighted by Gasteiger charge is -2.19. The number of benzene rings is 2. The molecule has 6 heterocycles. The average Bonchev–Trinajstić information content (AvgIpc) is 3.45. The van der Waals surface area contributed by atoms with E-state index in [1.165, 1.54) is 6.07 Å². The Hall–Kier alpha value is -4.26. The predicted molar refractivity (Wildman–Crippen MR) is 159 cm³/mol. The number of halogens is 3. The number of carbonyl (C=O) groups is 1. The fourth-order valence-electron chi connectivity index (χ4n) is 4.59. The molecule has 15 heteroatoms. The first-order valence-electron chi connectivity index (χ1n) is 14.0. The summed E-state index contributed by atoms with van der Waals surface area (Å²) in [6, 6.07) is 11.5.